The third-order valence-electron chi connectivity index (χ3n) is 6.08. The van der Waals surface area contributed by atoms with Crippen molar-refractivity contribution >= 4 is 62.3 Å². The molecule has 4 aromatic carbocycles. The molecule has 3 N–H and O–H groups in total. The molecule has 0 saturated heterocycles. The summed E-state index contributed by atoms with van der Waals surface area (Å²) in [6.07, 6.45) is 0. The van der Waals surface area contributed by atoms with Crippen LogP contribution in [0.15, 0.2) is 101 Å². The summed E-state index contributed by atoms with van der Waals surface area (Å²) >= 11 is 2.60. The van der Waals surface area contributed by atoms with Crippen molar-refractivity contribution in [3.8, 4) is 17.2 Å². The fraction of sp³-hybridized carbons (Fsp3) is 0.0323. The Bertz CT molecular complexity index is 1790. The summed E-state index contributed by atoms with van der Waals surface area (Å²) < 4.78 is 0. The number of fused-ring (bicyclic) bond motifs is 1. The first-order valence-electron chi connectivity index (χ1n) is 12.1. The SMILES string of the molecule is N#Cc1c(-c2ccccc2)csc1NC(=O)CSc1cccc(NC(=O)c2cccc3cccc(C(=O)O)c23)c1. The number of aromatic carboxylic acids is 1. The third kappa shape index (κ3) is 5.73. The van der Waals surface area contributed by atoms with Crippen LogP contribution in [0.4, 0.5) is 10.7 Å². The Morgan fingerprint density at radius 2 is 1.60 bits per heavy atom. The maximum Gasteiger partial charge on any atom is 0.336 e. The molecule has 5 aromatic rings. The number of thioether (sulfide) groups is 1. The number of nitrogens with zero attached hydrogens (tertiary/aromatic N) is 1. The van der Waals surface area contributed by atoms with Gasteiger partial charge >= 0.3 is 5.97 Å². The molecule has 0 radical (unpaired) electrons. The van der Waals surface area contributed by atoms with Gasteiger partial charge in [-0.2, -0.15) is 5.26 Å². The van der Waals surface area contributed by atoms with Crippen molar-refractivity contribution in [3.05, 3.63) is 113 Å². The number of benzene rings is 4. The Balaban J connectivity index is 1.26. The number of hydrogen-bond acceptors (Lipinski definition) is 6. The number of rotatable bonds is 8. The number of carboxylic acids is 1. The molecule has 1 aromatic heterocycles. The Kier molecular flexibility index (Phi) is 7.92. The van der Waals surface area contributed by atoms with E-state index < -0.39 is 11.9 Å². The number of carbonyl (C=O) groups excluding carboxylic acids is 2. The van der Waals surface area contributed by atoms with Crippen molar-refractivity contribution in [2.75, 3.05) is 16.4 Å². The molecule has 40 heavy (non-hydrogen) atoms. The first kappa shape index (κ1) is 26.7. The Labute approximate surface area is 238 Å². The van der Waals surface area contributed by atoms with Gasteiger partial charge < -0.3 is 15.7 Å². The van der Waals surface area contributed by atoms with Gasteiger partial charge in [0.2, 0.25) is 5.91 Å². The summed E-state index contributed by atoms with van der Waals surface area (Å²) in [4.78, 5) is 38.4. The average molecular weight is 564 g/mol. The fourth-order valence-corrected chi connectivity index (χ4v) is 5.96. The van der Waals surface area contributed by atoms with Gasteiger partial charge in [0, 0.05) is 32.5 Å². The minimum absolute atomic E-state index is 0.0553. The topological polar surface area (TPSA) is 119 Å². The van der Waals surface area contributed by atoms with Gasteiger partial charge in [-0.3, -0.25) is 9.59 Å². The number of amides is 2. The standard InChI is InChI=1S/C31H21N3O4S2/c32-16-25-26(19-7-2-1-3-8-19)17-40-30(25)34-27(35)18-39-22-12-6-11-21(15-22)33-29(36)23-13-4-9-20-10-5-14-24(28(20)23)31(37)38/h1-15,17H,18H2,(H,33,36)(H,34,35)(H,37,38). The van der Waals surface area contributed by atoms with Crippen LogP contribution >= 0.6 is 23.1 Å². The highest BCUT2D eigenvalue weighted by Crippen LogP contribution is 2.35. The molecule has 0 spiro atoms. The second kappa shape index (κ2) is 11.9. The van der Waals surface area contributed by atoms with Crippen molar-refractivity contribution < 1.29 is 19.5 Å². The van der Waals surface area contributed by atoms with Crippen LogP contribution in [-0.2, 0) is 4.79 Å². The summed E-state index contributed by atoms with van der Waals surface area (Å²) in [6.45, 7) is 0. The lowest BCUT2D eigenvalue weighted by Crippen LogP contribution is -2.14. The van der Waals surface area contributed by atoms with Crippen molar-refractivity contribution in [2.24, 2.45) is 0 Å². The molecular weight excluding hydrogens is 542 g/mol. The molecule has 0 aliphatic rings. The van der Waals surface area contributed by atoms with E-state index in [1.807, 2.05) is 41.8 Å². The van der Waals surface area contributed by atoms with E-state index in [-0.39, 0.29) is 22.8 Å². The molecule has 196 valence electrons. The monoisotopic (exact) mass is 563 g/mol. The number of carbonyl (C=O) groups is 3. The minimum Gasteiger partial charge on any atom is -0.478 e. The number of nitriles is 1. The van der Waals surface area contributed by atoms with E-state index in [1.54, 1.807) is 48.5 Å². The molecule has 0 bridgehead atoms. The first-order chi connectivity index (χ1) is 19.4. The highest BCUT2D eigenvalue weighted by molar-refractivity contribution is 8.00. The summed E-state index contributed by atoms with van der Waals surface area (Å²) in [6, 6.07) is 28.7. The molecular formula is C31H21N3O4S2. The lowest BCUT2D eigenvalue weighted by atomic mass is 9.98. The molecule has 5 rings (SSSR count). The number of hydrogen-bond donors (Lipinski definition) is 3. The zero-order chi connectivity index (χ0) is 28.1. The van der Waals surface area contributed by atoms with Crippen LogP contribution in [-0.4, -0.2) is 28.6 Å². The van der Waals surface area contributed by atoms with Crippen LogP contribution in [0.2, 0.25) is 0 Å². The predicted octanol–water partition coefficient (Wildman–Crippen LogP) is 7.12. The van der Waals surface area contributed by atoms with Crippen LogP contribution < -0.4 is 10.6 Å². The van der Waals surface area contributed by atoms with Gasteiger partial charge in [0.1, 0.15) is 11.1 Å². The maximum absolute atomic E-state index is 13.1. The van der Waals surface area contributed by atoms with E-state index in [1.165, 1.54) is 29.2 Å². The molecule has 9 heteroatoms. The van der Waals surface area contributed by atoms with Gasteiger partial charge in [-0.05, 0) is 41.3 Å². The normalized spacial score (nSPS) is 10.6. The van der Waals surface area contributed by atoms with E-state index in [2.05, 4.69) is 16.7 Å². The summed E-state index contributed by atoms with van der Waals surface area (Å²) in [5, 5.41) is 28.4. The molecule has 7 nitrogen and oxygen atoms in total. The number of anilines is 2. The molecule has 0 saturated carbocycles. The van der Waals surface area contributed by atoms with E-state index in [0.717, 1.165) is 16.0 Å². The van der Waals surface area contributed by atoms with Crippen molar-refractivity contribution in [2.45, 2.75) is 4.90 Å². The van der Waals surface area contributed by atoms with E-state index in [4.69, 9.17) is 0 Å². The van der Waals surface area contributed by atoms with Gasteiger partial charge in [-0.1, -0.05) is 60.7 Å². The van der Waals surface area contributed by atoms with Crippen LogP contribution in [0.25, 0.3) is 21.9 Å². The van der Waals surface area contributed by atoms with Crippen LogP contribution in [0.3, 0.4) is 0 Å². The number of thiophene rings is 1. The second-order valence-corrected chi connectivity index (χ2v) is 10.6. The van der Waals surface area contributed by atoms with Gasteiger partial charge in [-0.15, -0.1) is 23.1 Å². The Morgan fingerprint density at radius 3 is 2.33 bits per heavy atom. The smallest absolute Gasteiger partial charge is 0.336 e. The van der Waals surface area contributed by atoms with E-state index in [0.29, 0.717) is 27.0 Å². The zero-order valence-electron chi connectivity index (χ0n) is 20.9. The minimum atomic E-state index is -1.11. The number of carboxylic acid groups (broad SMARTS) is 1. The van der Waals surface area contributed by atoms with Crippen LogP contribution in [0.5, 0.6) is 0 Å². The Hall–Kier alpha value is -4.91. The molecule has 0 unspecified atom stereocenters. The molecule has 2 amide bonds. The van der Waals surface area contributed by atoms with Gasteiger partial charge in [0.25, 0.3) is 5.91 Å². The number of nitrogens with one attached hydrogen (secondary N) is 2. The van der Waals surface area contributed by atoms with Gasteiger partial charge in [0.05, 0.1) is 16.9 Å². The van der Waals surface area contributed by atoms with Crippen molar-refractivity contribution in [1.29, 1.82) is 5.26 Å². The summed E-state index contributed by atoms with van der Waals surface area (Å²) in [7, 11) is 0. The van der Waals surface area contributed by atoms with Crippen LogP contribution in [0.1, 0.15) is 26.3 Å². The third-order valence-corrected chi connectivity index (χ3v) is 7.97. The predicted molar refractivity (Wildman–Crippen MR) is 159 cm³/mol. The van der Waals surface area contributed by atoms with Gasteiger partial charge in [-0.25, -0.2) is 4.79 Å². The van der Waals surface area contributed by atoms with E-state index in [9.17, 15) is 24.8 Å². The highest BCUT2D eigenvalue weighted by Gasteiger charge is 2.18. The average Bonchev–Trinajstić information content (AvgIpc) is 3.38. The first-order valence-corrected chi connectivity index (χ1v) is 14.0. The lowest BCUT2D eigenvalue weighted by molar-refractivity contribution is -0.113. The zero-order valence-corrected chi connectivity index (χ0v) is 22.5. The van der Waals surface area contributed by atoms with Crippen LogP contribution in [0, 0.1) is 11.3 Å². The molecule has 0 atom stereocenters. The molecule has 0 fully saturated rings. The molecule has 1 heterocycles. The lowest BCUT2D eigenvalue weighted by Gasteiger charge is -2.11. The quantitative estimate of drug-likeness (QED) is 0.173. The van der Waals surface area contributed by atoms with E-state index >= 15 is 0 Å². The molecule has 0 aliphatic heterocycles. The highest BCUT2D eigenvalue weighted by atomic mass is 32.2. The van der Waals surface area contributed by atoms with Crippen molar-refractivity contribution in [1.82, 2.24) is 0 Å². The summed E-state index contributed by atoms with van der Waals surface area (Å²) in [5.74, 6) is -1.70. The van der Waals surface area contributed by atoms with Gasteiger partial charge in [0.15, 0.2) is 0 Å². The largest absolute Gasteiger partial charge is 0.478 e. The maximum atomic E-state index is 13.1. The molecule has 0 aliphatic carbocycles. The summed E-state index contributed by atoms with van der Waals surface area (Å²) in [5.41, 5.74) is 2.94. The second-order valence-electron chi connectivity index (χ2n) is 8.66. The van der Waals surface area contributed by atoms with Crippen molar-refractivity contribution in [3.63, 3.8) is 0 Å². The Morgan fingerprint density at radius 1 is 0.875 bits per heavy atom. The fourth-order valence-electron chi connectivity index (χ4n) is 4.27.